The Labute approximate surface area is 97.6 Å². The molecule has 0 aromatic carbocycles. The van der Waals surface area contributed by atoms with Crippen LogP contribution in [0.15, 0.2) is 0 Å². The average molecular weight is 225 g/mol. The minimum atomic E-state index is 0.168. The van der Waals surface area contributed by atoms with E-state index in [0.717, 1.165) is 12.8 Å². The molecule has 2 saturated carbocycles. The van der Waals surface area contributed by atoms with Crippen LogP contribution in [0.1, 0.15) is 45.4 Å². The Hall–Kier alpha value is -0.570. The molecule has 0 heterocycles. The zero-order chi connectivity index (χ0) is 11.5. The molecule has 0 bridgehead atoms. The van der Waals surface area contributed by atoms with Crippen LogP contribution < -0.4 is 5.32 Å². The number of rotatable bonds is 4. The molecule has 0 aromatic rings. The number of aliphatic hydroxyl groups excluding tert-OH is 1. The lowest BCUT2D eigenvalue weighted by atomic mass is 9.84. The summed E-state index contributed by atoms with van der Waals surface area (Å²) in [6, 6.07) is 0.215. The molecule has 16 heavy (non-hydrogen) atoms. The molecule has 2 aliphatic carbocycles. The third-order valence-electron chi connectivity index (χ3n) is 4.21. The van der Waals surface area contributed by atoms with Gasteiger partial charge >= 0.3 is 0 Å². The minimum Gasteiger partial charge on any atom is -0.396 e. The Bertz CT molecular complexity index is 250. The lowest BCUT2D eigenvalue weighted by molar-refractivity contribution is -0.126. The van der Waals surface area contributed by atoms with E-state index in [0.29, 0.717) is 5.92 Å². The van der Waals surface area contributed by atoms with E-state index in [4.69, 9.17) is 0 Å². The summed E-state index contributed by atoms with van der Waals surface area (Å²) in [5.41, 5.74) is 0. The maximum Gasteiger partial charge on any atom is 0.223 e. The second-order valence-corrected chi connectivity index (χ2v) is 5.47. The fourth-order valence-electron chi connectivity index (χ4n) is 2.74. The lowest BCUT2D eigenvalue weighted by Crippen LogP contribution is -2.45. The van der Waals surface area contributed by atoms with Gasteiger partial charge in [0.15, 0.2) is 0 Å². The van der Waals surface area contributed by atoms with Crippen LogP contribution in [-0.2, 0) is 4.79 Å². The third-order valence-corrected chi connectivity index (χ3v) is 4.21. The van der Waals surface area contributed by atoms with Crippen molar-refractivity contribution in [3.63, 3.8) is 0 Å². The first kappa shape index (κ1) is 11.9. The van der Waals surface area contributed by atoms with Crippen LogP contribution in [-0.4, -0.2) is 23.7 Å². The van der Waals surface area contributed by atoms with Gasteiger partial charge in [0.1, 0.15) is 0 Å². The van der Waals surface area contributed by atoms with Crippen molar-refractivity contribution in [2.24, 2.45) is 17.8 Å². The fourth-order valence-corrected chi connectivity index (χ4v) is 2.74. The molecule has 92 valence electrons. The molecule has 0 aromatic heterocycles. The molecule has 3 unspecified atom stereocenters. The average Bonchev–Trinajstić information content (AvgIpc) is 3.12. The van der Waals surface area contributed by atoms with E-state index in [2.05, 4.69) is 5.32 Å². The first-order valence-electron chi connectivity index (χ1n) is 6.63. The number of hydrogen-bond donors (Lipinski definition) is 2. The highest BCUT2D eigenvalue weighted by Crippen LogP contribution is 2.37. The summed E-state index contributed by atoms with van der Waals surface area (Å²) in [6.45, 7) is 2.24. The molecule has 2 aliphatic rings. The highest BCUT2D eigenvalue weighted by Gasteiger charge is 2.34. The van der Waals surface area contributed by atoms with Crippen LogP contribution in [0.3, 0.4) is 0 Å². The number of aliphatic hydroxyl groups is 1. The van der Waals surface area contributed by atoms with Crippen molar-refractivity contribution in [3.8, 4) is 0 Å². The van der Waals surface area contributed by atoms with Gasteiger partial charge in [-0.05, 0) is 31.6 Å². The molecule has 2 fully saturated rings. The summed E-state index contributed by atoms with van der Waals surface area (Å²) in [6.07, 6.45) is 6.88. The third kappa shape index (κ3) is 2.76. The van der Waals surface area contributed by atoms with E-state index in [1.807, 2.05) is 6.92 Å². The van der Waals surface area contributed by atoms with Crippen molar-refractivity contribution in [2.45, 2.75) is 51.5 Å². The standard InChI is InChI=1S/C13H23NO2/c1-9(10-6-7-10)13(16)14-12-5-3-2-4-11(12)8-15/h9-12,15H,2-8H2,1H3,(H,14,16). The molecule has 1 amide bonds. The van der Waals surface area contributed by atoms with Crippen LogP contribution >= 0.6 is 0 Å². The van der Waals surface area contributed by atoms with Crippen molar-refractivity contribution < 1.29 is 9.90 Å². The van der Waals surface area contributed by atoms with Gasteiger partial charge in [-0.2, -0.15) is 0 Å². The van der Waals surface area contributed by atoms with E-state index < -0.39 is 0 Å². The predicted octanol–water partition coefficient (Wildman–Crippen LogP) is 1.70. The normalized spacial score (nSPS) is 32.1. The smallest absolute Gasteiger partial charge is 0.223 e. The van der Waals surface area contributed by atoms with Crippen LogP contribution in [0.4, 0.5) is 0 Å². The monoisotopic (exact) mass is 225 g/mol. The summed E-state index contributed by atoms with van der Waals surface area (Å²) in [4.78, 5) is 12.0. The summed E-state index contributed by atoms with van der Waals surface area (Å²) in [7, 11) is 0. The van der Waals surface area contributed by atoms with E-state index in [9.17, 15) is 9.90 Å². The zero-order valence-corrected chi connectivity index (χ0v) is 10.1. The number of carbonyl (C=O) groups is 1. The number of carbonyl (C=O) groups excluding carboxylic acids is 1. The van der Waals surface area contributed by atoms with Gasteiger partial charge in [0.2, 0.25) is 5.91 Å². The molecule has 3 nitrogen and oxygen atoms in total. The van der Waals surface area contributed by atoms with Gasteiger partial charge in [-0.25, -0.2) is 0 Å². The lowest BCUT2D eigenvalue weighted by Gasteiger charge is -2.31. The SMILES string of the molecule is CC(C(=O)NC1CCCCC1CO)C1CC1. The van der Waals surface area contributed by atoms with Crippen molar-refractivity contribution >= 4 is 5.91 Å². The Morgan fingerprint density at radius 2 is 2.00 bits per heavy atom. The Morgan fingerprint density at radius 3 is 2.62 bits per heavy atom. The molecular formula is C13H23NO2. The van der Waals surface area contributed by atoms with Crippen LogP contribution in [0.25, 0.3) is 0 Å². The zero-order valence-electron chi connectivity index (χ0n) is 10.1. The molecular weight excluding hydrogens is 202 g/mol. The van der Waals surface area contributed by atoms with Crippen molar-refractivity contribution in [1.82, 2.24) is 5.32 Å². The van der Waals surface area contributed by atoms with Crippen LogP contribution in [0.2, 0.25) is 0 Å². The molecule has 0 aliphatic heterocycles. The summed E-state index contributed by atoms with van der Waals surface area (Å²) in [5.74, 6) is 1.27. The Balaban J connectivity index is 1.84. The van der Waals surface area contributed by atoms with Gasteiger partial charge in [-0.1, -0.05) is 19.8 Å². The van der Waals surface area contributed by atoms with Gasteiger partial charge in [-0.15, -0.1) is 0 Å². The van der Waals surface area contributed by atoms with Gasteiger partial charge in [0.25, 0.3) is 0 Å². The maximum absolute atomic E-state index is 12.0. The van der Waals surface area contributed by atoms with E-state index in [1.54, 1.807) is 0 Å². The van der Waals surface area contributed by atoms with E-state index >= 15 is 0 Å². The maximum atomic E-state index is 12.0. The van der Waals surface area contributed by atoms with Gasteiger partial charge in [-0.3, -0.25) is 4.79 Å². The van der Waals surface area contributed by atoms with E-state index in [-0.39, 0.29) is 30.4 Å². The predicted molar refractivity (Wildman–Crippen MR) is 62.9 cm³/mol. The topological polar surface area (TPSA) is 49.3 Å². The highest BCUT2D eigenvalue weighted by atomic mass is 16.3. The number of amides is 1. The highest BCUT2D eigenvalue weighted by molar-refractivity contribution is 5.79. The van der Waals surface area contributed by atoms with Gasteiger partial charge < -0.3 is 10.4 Å². The molecule has 3 heteroatoms. The van der Waals surface area contributed by atoms with Crippen molar-refractivity contribution in [2.75, 3.05) is 6.61 Å². The summed E-state index contributed by atoms with van der Waals surface area (Å²) in [5, 5.41) is 12.4. The number of nitrogens with one attached hydrogen (secondary N) is 1. The summed E-state index contributed by atoms with van der Waals surface area (Å²) >= 11 is 0. The quantitative estimate of drug-likeness (QED) is 0.765. The largest absolute Gasteiger partial charge is 0.396 e. The Morgan fingerprint density at radius 1 is 1.31 bits per heavy atom. The second-order valence-electron chi connectivity index (χ2n) is 5.47. The first-order valence-corrected chi connectivity index (χ1v) is 6.63. The van der Waals surface area contributed by atoms with Crippen molar-refractivity contribution in [3.05, 3.63) is 0 Å². The summed E-state index contributed by atoms with van der Waals surface area (Å²) < 4.78 is 0. The molecule has 2 rings (SSSR count). The fraction of sp³-hybridized carbons (Fsp3) is 0.923. The van der Waals surface area contributed by atoms with Crippen molar-refractivity contribution in [1.29, 1.82) is 0 Å². The van der Waals surface area contributed by atoms with Gasteiger partial charge in [0.05, 0.1) is 0 Å². The molecule has 0 spiro atoms. The molecule has 0 radical (unpaired) electrons. The first-order chi connectivity index (χ1) is 7.72. The molecule has 3 atom stereocenters. The minimum absolute atomic E-state index is 0.168. The van der Waals surface area contributed by atoms with Crippen LogP contribution in [0, 0.1) is 17.8 Å². The molecule has 2 N–H and O–H groups in total. The second kappa shape index (κ2) is 5.17. The van der Waals surface area contributed by atoms with E-state index in [1.165, 1.54) is 25.7 Å². The van der Waals surface area contributed by atoms with Crippen LogP contribution in [0.5, 0.6) is 0 Å². The Kier molecular flexibility index (Phi) is 3.85. The molecule has 0 saturated heterocycles. The van der Waals surface area contributed by atoms with Gasteiger partial charge in [0, 0.05) is 24.5 Å². The number of hydrogen-bond acceptors (Lipinski definition) is 2.